The Bertz CT molecular complexity index is 426. The van der Waals surface area contributed by atoms with E-state index in [1.54, 1.807) is 12.1 Å². The van der Waals surface area contributed by atoms with E-state index in [9.17, 15) is 4.39 Å². The first kappa shape index (κ1) is 12.1. The molecule has 0 amide bonds. The second-order valence-corrected chi connectivity index (χ2v) is 5.84. The van der Waals surface area contributed by atoms with Crippen LogP contribution in [0.15, 0.2) is 24.3 Å². The molecule has 18 heavy (non-hydrogen) atoms. The second kappa shape index (κ2) is 4.63. The monoisotopic (exact) mass is 248 g/mol. The minimum Gasteiger partial charge on any atom is -0.316 e. The maximum Gasteiger partial charge on any atom is 0.127 e. The van der Waals surface area contributed by atoms with Crippen LogP contribution in [-0.4, -0.2) is 31.1 Å². The molecule has 0 radical (unpaired) electrons. The number of hydrogen-bond donors (Lipinski definition) is 1. The molecule has 2 aliphatic rings. The van der Waals surface area contributed by atoms with Gasteiger partial charge in [0.15, 0.2) is 0 Å². The molecule has 2 unspecified atom stereocenters. The fourth-order valence-corrected chi connectivity index (χ4v) is 3.45. The average molecular weight is 248 g/mol. The molecular formula is C15H21FN2. The van der Waals surface area contributed by atoms with Crippen LogP contribution in [0.2, 0.25) is 0 Å². The Kier molecular flexibility index (Phi) is 3.12. The van der Waals surface area contributed by atoms with Crippen LogP contribution in [0.1, 0.15) is 31.4 Å². The number of nitrogens with zero attached hydrogens (tertiary/aromatic N) is 1. The van der Waals surface area contributed by atoms with Gasteiger partial charge < -0.3 is 5.32 Å². The van der Waals surface area contributed by atoms with Crippen LogP contribution >= 0.6 is 0 Å². The maximum atomic E-state index is 13.8. The zero-order valence-corrected chi connectivity index (χ0v) is 11.0. The first-order valence-corrected chi connectivity index (χ1v) is 6.89. The maximum absolute atomic E-state index is 13.8. The van der Waals surface area contributed by atoms with Gasteiger partial charge in [0.25, 0.3) is 0 Å². The van der Waals surface area contributed by atoms with Gasteiger partial charge in [0.1, 0.15) is 5.82 Å². The summed E-state index contributed by atoms with van der Waals surface area (Å²) in [5.41, 5.74) is 1.29. The lowest BCUT2D eigenvalue weighted by molar-refractivity contribution is 0.220. The average Bonchev–Trinajstić information content (AvgIpc) is 3.00. The van der Waals surface area contributed by atoms with Gasteiger partial charge in [-0.25, -0.2) is 4.39 Å². The van der Waals surface area contributed by atoms with Crippen molar-refractivity contribution in [1.29, 1.82) is 0 Å². The molecule has 1 spiro atoms. The van der Waals surface area contributed by atoms with Crippen LogP contribution in [0.5, 0.6) is 0 Å². The van der Waals surface area contributed by atoms with Crippen LogP contribution in [0.4, 0.5) is 4.39 Å². The van der Waals surface area contributed by atoms with Crippen LogP contribution in [0, 0.1) is 11.2 Å². The van der Waals surface area contributed by atoms with E-state index in [2.05, 4.69) is 17.1 Å². The highest BCUT2D eigenvalue weighted by Crippen LogP contribution is 2.39. The van der Waals surface area contributed by atoms with E-state index in [0.717, 1.165) is 31.7 Å². The summed E-state index contributed by atoms with van der Waals surface area (Å²) in [6.45, 7) is 6.60. The molecule has 2 heterocycles. The standard InChI is InChI=1S/C15H21FN2/c1-12(13-4-2-3-5-14(13)16)18-9-7-15(11-18)6-8-17-10-15/h2-5,12,17H,6-11H2,1H3. The Hall–Kier alpha value is -0.930. The van der Waals surface area contributed by atoms with E-state index < -0.39 is 0 Å². The fraction of sp³-hybridized carbons (Fsp3) is 0.600. The Balaban J connectivity index is 1.74. The SMILES string of the molecule is CC(c1ccccc1F)N1CCC2(CCNC2)C1. The lowest BCUT2D eigenvalue weighted by Crippen LogP contribution is -2.31. The molecule has 1 aromatic carbocycles. The van der Waals surface area contributed by atoms with Crippen molar-refractivity contribution >= 4 is 0 Å². The molecule has 3 rings (SSSR count). The largest absolute Gasteiger partial charge is 0.316 e. The van der Waals surface area contributed by atoms with Gasteiger partial charge in [-0.2, -0.15) is 0 Å². The van der Waals surface area contributed by atoms with Crippen molar-refractivity contribution in [2.75, 3.05) is 26.2 Å². The third-order valence-corrected chi connectivity index (χ3v) is 4.70. The van der Waals surface area contributed by atoms with Crippen molar-refractivity contribution in [3.05, 3.63) is 35.6 Å². The lowest BCUT2D eigenvalue weighted by Gasteiger charge is -2.28. The van der Waals surface area contributed by atoms with Gasteiger partial charge in [0.2, 0.25) is 0 Å². The lowest BCUT2D eigenvalue weighted by atomic mass is 9.86. The number of hydrogen-bond acceptors (Lipinski definition) is 2. The van der Waals surface area contributed by atoms with Crippen LogP contribution < -0.4 is 5.32 Å². The highest BCUT2D eigenvalue weighted by atomic mass is 19.1. The molecular weight excluding hydrogens is 227 g/mol. The molecule has 2 nitrogen and oxygen atoms in total. The molecule has 3 heteroatoms. The number of benzene rings is 1. The van der Waals surface area contributed by atoms with Crippen molar-refractivity contribution in [1.82, 2.24) is 10.2 Å². The summed E-state index contributed by atoms with van der Waals surface area (Å²) in [5.74, 6) is -0.0736. The highest BCUT2D eigenvalue weighted by molar-refractivity contribution is 5.21. The molecule has 2 aliphatic heterocycles. The summed E-state index contributed by atoms with van der Waals surface area (Å²) in [6, 6.07) is 7.36. The van der Waals surface area contributed by atoms with Crippen molar-refractivity contribution in [2.45, 2.75) is 25.8 Å². The smallest absolute Gasteiger partial charge is 0.127 e. The minimum absolute atomic E-state index is 0.0736. The number of likely N-dealkylation sites (tertiary alicyclic amines) is 1. The topological polar surface area (TPSA) is 15.3 Å². The molecule has 0 saturated carbocycles. The van der Waals surface area contributed by atoms with Crippen molar-refractivity contribution in [2.24, 2.45) is 5.41 Å². The van der Waals surface area contributed by atoms with Crippen molar-refractivity contribution in [3.63, 3.8) is 0 Å². The molecule has 2 atom stereocenters. The minimum atomic E-state index is -0.0736. The van der Waals surface area contributed by atoms with E-state index in [1.165, 1.54) is 12.8 Å². The molecule has 2 fully saturated rings. The predicted octanol–water partition coefficient (Wildman–Crippen LogP) is 2.57. The van der Waals surface area contributed by atoms with Gasteiger partial charge in [0.05, 0.1) is 0 Å². The molecule has 0 aliphatic carbocycles. The summed E-state index contributed by atoms with van der Waals surface area (Å²) in [6.07, 6.45) is 2.52. The van der Waals surface area contributed by atoms with Gasteiger partial charge in [-0.1, -0.05) is 18.2 Å². The number of nitrogens with one attached hydrogen (secondary N) is 1. The Morgan fingerprint density at radius 3 is 2.89 bits per heavy atom. The molecule has 2 saturated heterocycles. The van der Waals surface area contributed by atoms with E-state index in [-0.39, 0.29) is 11.9 Å². The summed E-state index contributed by atoms with van der Waals surface area (Å²) in [7, 11) is 0. The zero-order chi connectivity index (χ0) is 12.6. The molecule has 0 aromatic heterocycles. The van der Waals surface area contributed by atoms with E-state index in [1.807, 2.05) is 12.1 Å². The van der Waals surface area contributed by atoms with E-state index in [0.29, 0.717) is 5.41 Å². The zero-order valence-electron chi connectivity index (χ0n) is 11.0. The Labute approximate surface area is 108 Å². The normalized spacial score (nSPS) is 30.1. The quantitative estimate of drug-likeness (QED) is 0.865. The van der Waals surface area contributed by atoms with Crippen LogP contribution in [0.25, 0.3) is 0 Å². The molecule has 98 valence electrons. The fourth-order valence-electron chi connectivity index (χ4n) is 3.45. The highest BCUT2D eigenvalue weighted by Gasteiger charge is 2.41. The molecule has 1 aromatic rings. The van der Waals surface area contributed by atoms with Gasteiger partial charge >= 0.3 is 0 Å². The van der Waals surface area contributed by atoms with Crippen LogP contribution in [0.3, 0.4) is 0 Å². The van der Waals surface area contributed by atoms with Crippen LogP contribution in [-0.2, 0) is 0 Å². The number of rotatable bonds is 2. The summed E-state index contributed by atoms with van der Waals surface area (Å²) in [4.78, 5) is 2.44. The Morgan fingerprint density at radius 1 is 1.33 bits per heavy atom. The Morgan fingerprint density at radius 2 is 2.17 bits per heavy atom. The van der Waals surface area contributed by atoms with E-state index >= 15 is 0 Å². The number of halogens is 1. The van der Waals surface area contributed by atoms with Crippen molar-refractivity contribution < 1.29 is 4.39 Å². The van der Waals surface area contributed by atoms with Gasteiger partial charge in [-0.05, 0) is 44.3 Å². The van der Waals surface area contributed by atoms with Gasteiger partial charge in [0, 0.05) is 24.7 Å². The first-order valence-electron chi connectivity index (χ1n) is 6.89. The van der Waals surface area contributed by atoms with E-state index in [4.69, 9.17) is 0 Å². The second-order valence-electron chi connectivity index (χ2n) is 5.84. The van der Waals surface area contributed by atoms with Gasteiger partial charge in [-0.3, -0.25) is 4.90 Å². The van der Waals surface area contributed by atoms with Gasteiger partial charge in [-0.15, -0.1) is 0 Å². The predicted molar refractivity (Wildman–Crippen MR) is 70.9 cm³/mol. The summed E-state index contributed by atoms with van der Waals surface area (Å²) < 4.78 is 13.8. The third kappa shape index (κ3) is 2.06. The molecule has 0 bridgehead atoms. The summed E-state index contributed by atoms with van der Waals surface area (Å²) >= 11 is 0. The summed E-state index contributed by atoms with van der Waals surface area (Å²) in [5, 5.41) is 3.46. The van der Waals surface area contributed by atoms with Crippen molar-refractivity contribution in [3.8, 4) is 0 Å². The third-order valence-electron chi connectivity index (χ3n) is 4.70. The molecule has 1 N–H and O–H groups in total. The first-order chi connectivity index (χ1) is 8.70.